The molecule has 6 N–H and O–H groups in total. The van der Waals surface area contributed by atoms with Crippen LogP contribution in [0.5, 0.6) is 0 Å². The second-order valence-electron chi connectivity index (χ2n) is 9.04. The zero-order valence-corrected chi connectivity index (χ0v) is 22.9. The lowest BCUT2D eigenvalue weighted by Crippen LogP contribution is -2.30. The molecule has 210 valence electrons. The average Bonchev–Trinajstić information content (AvgIpc) is 2.94. The van der Waals surface area contributed by atoms with E-state index < -0.39 is 5.82 Å². The standard InChI is InChI=1S/C29H33ClFN7O2/c1-2-3-4-5-6-25(27-16-20(13-14-34-27)24-10-9-23(31)17-26(24)35-19-39)37-29(40)12-7-21-15-22(30)8-11-28(21)38(33)18-36-32/h7-19,25H,2-6,32-33H2,1H3,(H,35,39)(H,37,40)/b12-7+,36-18-/t25-/m0/s1. The van der Waals surface area contributed by atoms with Gasteiger partial charge in [0.25, 0.3) is 0 Å². The van der Waals surface area contributed by atoms with Crippen molar-refractivity contribution in [3.8, 4) is 11.1 Å². The van der Waals surface area contributed by atoms with E-state index in [1.54, 1.807) is 42.6 Å². The van der Waals surface area contributed by atoms with E-state index in [2.05, 4.69) is 27.6 Å². The third-order valence-corrected chi connectivity index (χ3v) is 6.42. The number of hydrogen-bond acceptors (Lipinski definition) is 6. The van der Waals surface area contributed by atoms with Gasteiger partial charge in [0.05, 0.1) is 23.1 Å². The van der Waals surface area contributed by atoms with Crippen molar-refractivity contribution < 1.29 is 14.0 Å². The molecule has 40 heavy (non-hydrogen) atoms. The molecule has 2 amide bonds. The lowest BCUT2D eigenvalue weighted by Gasteiger charge is -2.19. The second-order valence-corrected chi connectivity index (χ2v) is 9.48. The van der Waals surface area contributed by atoms with Gasteiger partial charge in [-0.05, 0) is 66.6 Å². The van der Waals surface area contributed by atoms with Gasteiger partial charge in [-0.25, -0.2) is 10.2 Å². The van der Waals surface area contributed by atoms with Crippen LogP contribution in [0.2, 0.25) is 5.02 Å². The fourth-order valence-corrected chi connectivity index (χ4v) is 4.42. The first kappa shape index (κ1) is 30.3. The summed E-state index contributed by atoms with van der Waals surface area (Å²) in [5.41, 5.74) is 3.49. The normalized spacial score (nSPS) is 12.0. The number of nitrogens with one attached hydrogen (secondary N) is 2. The van der Waals surface area contributed by atoms with Crippen molar-refractivity contribution in [2.45, 2.75) is 45.1 Å². The summed E-state index contributed by atoms with van der Waals surface area (Å²) < 4.78 is 13.8. The first-order valence-electron chi connectivity index (χ1n) is 12.9. The molecule has 9 nitrogen and oxygen atoms in total. The van der Waals surface area contributed by atoms with Gasteiger partial charge in [-0.3, -0.25) is 19.6 Å². The van der Waals surface area contributed by atoms with E-state index in [4.69, 9.17) is 23.3 Å². The summed E-state index contributed by atoms with van der Waals surface area (Å²) in [6.07, 6.45) is 11.1. The summed E-state index contributed by atoms with van der Waals surface area (Å²) in [6, 6.07) is 12.4. The highest BCUT2D eigenvalue weighted by molar-refractivity contribution is 6.30. The molecule has 0 saturated carbocycles. The van der Waals surface area contributed by atoms with E-state index in [1.807, 2.05) is 6.07 Å². The number of unbranched alkanes of at least 4 members (excludes halogenated alkanes) is 3. The van der Waals surface area contributed by atoms with Crippen molar-refractivity contribution in [2.75, 3.05) is 10.3 Å². The molecule has 2 aromatic carbocycles. The number of anilines is 2. The maximum Gasteiger partial charge on any atom is 0.244 e. The number of carbonyl (C=O) groups excluding carboxylic acids is 2. The number of carbonyl (C=O) groups is 2. The number of amides is 2. The summed E-state index contributed by atoms with van der Waals surface area (Å²) in [7, 11) is 0. The number of hydrazone groups is 1. The molecule has 0 aliphatic heterocycles. The topological polar surface area (TPSA) is 139 Å². The van der Waals surface area contributed by atoms with Gasteiger partial charge in [-0.15, -0.1) is 0 Å². The van der Waals surface area contributed by atoms with Gasteiger partial charge in [-0.1, -0.05) is 44.2 Å². The highest BCUT2D eigenvalue weighted by atomic mass is 35.5. The second kappa shape index (κ2) is 15.3. The number of nitrogens with two attached hydrogens (primary N) is 2. The van der Waals surface area contributed by atoms with Crippen molar-refractivity contribution in [3.63, 3.8) is 0 Å². The van der Waals surface area contributed by atoms with Crippen LogP contribution in [0.3, 0.4) is 0 Å². The Morgan fingerprint density at radius 2 is 2.00 bits per heavy atom. The molecule has 0 fully saturated rings. The number of aromatic nitrogens is 1. The first-order valence-corrected chi connectivity index (χ1v) is 13.3. The molecule has 0 spiro atoms. The fraction of sp³-hybridized carbons (Fsp3) is 0.241. The Bertz CT molecular complexity index is 1370. The number of hydrogen-bond donors (Lipinski definition) is 4. The number of pyridine rings is 1. The number of hydrazine groups is 1. The summed E-state index contributed by atoms with van der Waals surface area (Å²) in [5, 5.41) is 10.7. The summed E-state index contributed by atoms with van der Waals surface area (Å²) in [4.78, 5) is 28.7. The lowest BCUT2D eigenvalue weighted by atomic mass is 9.99. The van der Waals surface area contributed by atoms with Crippen molar-refractivity contribution in [3.05, 3.63) is 82.9 Å². The van der Waals surface area contributed by atoms with Crippen LogP contribution < -0.4 is 27.3 Å². The zero-order chi connectivity index (χ0) is 28.9. The highest BCUT2D eigenvalue weighted by Crippen LogP contribution is 2.31. The molecule has 3 rings (SSSR count). The fourth-order valence-electron chi connectivity index (χ4n) is 4.24. The van der Waals surface area contributed by atoms with Crippen LogP contribution in [-0.4, -0.2) is 23.6 Å². The van der Waals surface area contributed by atoms with E-state index in [1.165, 1.54) is 29.6 Å². The quantitative estimate of drug-likeness (QED) is 0.0385. The van der Waals surface area contributed by atoms with E-state index in [-0.39, 0.29) is 11.9 Å². The van der Waals surface area contributed by atoms with E-state index in [9.17, 15) is 14.0 Å². The molecule has 1 aromatic heterocycles. The molecule has 0 bridgehead atoms. The maximum absolute atomic E-state index is 13.8. The molecule has 1 atom stereocenters. The first-order chi connectivity index (χ1) is 19.4. The molecule has 0 aliphatic rings. The molecule has 11 heteroatoms. The predicted molar refractivity (Wildman–Crippen MR) is 159 cm³/mol. The minimum Gasteiger partial charge on any atom is -0.344 e. The van der Waals surface area contributed by atoms with Gasteiger partial charge >= 0.3 is 0 Å². The van der Waals surface area contributed by atoms with Gasteiger partial charge in [0.2, 0.25) is 12.3 Å². The van der Waals surface area contributed by atoms with Crippen molar-refractivity contribution in [1.82, 2.24) is 10.3 Å². The van der Waals surface area contributed by atoms with Crippen LogP contribution in [0.1, 0.15) is 56.3 Å². The minimum absolute atomic E-state index is 0.334. The highest BCUT2D eigenvalue weighted by Gasteiger charge is 2.17. The molecule has 1 heterocycles. The minimum atomic E-state index is -0.467. The molecular weight excluding hydrogens is 533 g/mol. The van der Waals surface area contributed by atoms with Gasteiger partial charge < -0.3 is 16.5 Å². The Balaban J connectivity index is 1.88. The number of benzene rings is 2. The summed E-state index contributed by atoms with van der Waals surface area (Å²) in [6.45, 7) is 2.13. The third-order valence-electron chi connectivity index (χ3n) is 6.18. The van der Waals surface area contributed by atoms with Gasteiger partial charge in [0, 0.05) is 28.4 Å². The average molecular weight is 566 g/mol. The summed E-state index contributed by atoms with van der Waals surface area (Å²) in [5.74, 6) is 10.4. The van der Waals surface area contributed by atoms with Crippen molar-refractivity contribution in [2.24, 2.45) is 16.8 Å². The van der Waals surface area contributed by atoms with Gasteiger partial charge in [0.1, 0.15) is 12.2 Å². The Labute approximate surface area is 238 Å². The zero-order valence-electron chi connectivity index (χ0n) is 22.2. The molecular formula is C29H33ClFN7O2. The van der Waals surface area contributed by atoms with Crippen molar-refractivity contribution >= 4 is 47.7 Å². The van der Waals surface area contributed by atoms with E-state index in [0.717, 1.165) is 31.2 Å². The van der Waals surface area contributed by atoms with Crippen LogP contribution in [0.4, 0.5) is 15.8 Å². The van der Waals surface area contributed by atoms with Crippen LogP contribution >= 0.6 is 11.6 Å². The van der Waals surface area contributed by atoms with Crippen LogP contribution in [0.15, 0.2) is 65.9 Å². The predicted octanol–water partition coefficient (Wildman–Crippen LogP) is 5.53. The number of nitrogens with zero attached hydrogens (tertiary/aromatic N) is 3. The molecule has 0 aliphatic carbocycles. The van der Waals surface area contributed by atoms with Gasteiger partial charge in [0.15, 0.2) is 0 Å². The van der Waals surface area contributed by atoms with E-state index in [0.29, 0.717) is 46.0 Å². The molecule has 3 aromatic rings. The third kappa shape index (κ3) is 8.62. The smallest absolute Gasteiger partial charge is 0.244 e. The molecule has 0 radical (unpaired) electrons. The SMILES string of the molecule is CCCCCC[C@H](NC(=O)/C=C/c1cc(Cl)ccc1N(N)/C=N\N)c1cc(-c2ccc(F)cc2NC=O)ccn1. The van der Waals surface area contributed by atoms with E-state index >= 15 is 0 Å². The molecule has 0 unspecified atom stereocenters. The lowest BCUT2D eigenvalue weighted by molar-refractivity contribution is -0.117. The number of halogens is 2. The maximum atomic E-state index is 13.8. The van der Waals surface area contributed by atoms with Crippen molar-refractivity contribution in [1.29, 1.82) is 0 Å². The monoisotopic (exact) mass is 565 g/mol. The largest absolute Gasteiger partial charge is 0.344 e. The Kier molecular flexibility index (Phi) is 11.6. The van der Waals surface area contributed by atoms with Gasteiger partial charge in [-0.2, -0.15) is 5.10 Å². The number of rotatable bonds is 14. The van der Waals surface area contributed by atoms with Crippen LogP contribution in [0, 0.1) is 5.82 Å². The Morgan fingerprint density at radius 1 is 1.18 bits per heavy atom. The summed E-state index contributed by atoms with van der Waals surface area (Å²) >= 11 is 6.16. The molecule has 0 saturated heterocycles. The van der Waals surface area contributed by atoms with Crippen LogP contribution in [0.25, 0.3) is 17.2 Å². The van der Waals surface area contributed by atoms with Crippen LogP contribution in [-0.2, 0) is 9.59 Å². The Hall–Kier alpha value is -4.28. The Morgan fingerprint density at radius 3 is 2.75 bits per heavy atom.